The number of amides is 1. The van der Waals surface area contributed by atoms with Crippen LogP contribution in [0.4, 0.5) is 4.79 Å². The summed E-state index contributed by atoms with van der Waals surface area (Å²) in [5, 5.41) is 2.75. The van der Waals surface area contributed by atoms with E-state index in [1.807, 2.05) is 13.8 Å². The molecule has 0 aromatic carbocycles. The Morgan fingerprint density at radius 2 is 1.82 bits per heavy atom. The molecule has 28 heavy (non-hydrogen) atoms. The molecule has 158 valence electrons. The summed E-state index contributed by atoms with van der Waals surface area (Å²) in [6, 6.07) is 0. The van der Waals surface area contributed by atoms with Gasteiger partial charge in [0.05, 0.1) is 0 Å². The van der Waals surface area contributed by atoms with Crippen molar-refractivity contribution in [3.63, 3.8) is 0 Å². The first-order chi connectivity index (χ1) is 13.3. The molecule has 1 heterocycles. The number of nitrogens with two attached hydrogens (primary N) is 1. The van der Waals surface area contributed by atoms with E-state index in [9.17, 15) is 4.79 Å². The number of hydrogen-bond acceptors (Lipinski definition) is 6. The lowest BCUT2D eigenvalue weighted by Crippen LogP contribution is -2.59. The maximum atomic E-state index is 12.2. The zero-order chi connectivity index (χ0) is 19.6. The molecule has 5 aliphatic carbocycles. The van der Waals surface area contributed by atoms with E-state index in [1.165, 1.54) is 32.1 Å². The normalized spacial score (nSPS) is 47.0. The van der Waals surface area contributed by atoms with Crippen molar-refractivity contribution < 1.29 is 24.0 Å². The summed E-state index contributed by atoms with van der Waals surface area (Å²) in [4.78, 5) is 24.1. The molecule has 5 saturated carbocycles. The summed E-state index contributed by atoms with van der Waals surface area (Å²) in [6.07, 6.45) is 8.55. The maximum absolute atomic E-state index is 12.2. The van der Waals surface area contributed by atoms with Crippen molar-refractivity contribution in [1.29, 1.82) is 0 Å². The highest BCUT2D eigenvalue weighted by atomic mass is 17.3. The SMILES string of the molecule is CC(C)(N)CNC(=O)OC1CCCC2(C1)OOC1(O2)C2CC3CC(C2)CC1C3. The topological polar surface area (TPSA) is 92.0 Å². The van der Waals surface area contributed by atoms with Crippen LogP contribution < -0.4 is 11.1 Å². The molecule has 1 aliphatic heterocycles. The van der Waals surface area contributed by atoms with E-state index in [-0.39, 0.29) is 6.10 Å². The molecule has 2 spiro atoms. The summed E-state index contributed by atoms with van der Waals surface area (Å²) >= 11 is 0. The van der Waals surface area contributed by atoms with Crippen LogP contribution in [0.3, 0.4) is 0 Å². The molecule has 0 radical (unpaired) electrons. The van der Waals surface area contributed by atoms with E-state index in [4.69, 9.17) is 25.0 Å². The van der Waals surface area contributed by atoms with Crippen LogP contribution in [0.25, 0.3) is 0 Å². The first-order valence-corrected chi connectivity index (χ1v) is 11.1. The number of carbonyl (C=O) groups excluding carboxylic acids is 1. The number of nitrogens with one attached hydrogen (secondary N) is 1. The fraction of sp³-hybridized carbons (Fsp3) is 0.952. The third-order valence-corrected chi connectivity index (χ3v) is 7.53. The molecule has 4 bridgehead atoms. The fourth-order valence-corrected chi connectivity index (χ4v) is 6.52. The molecule has 7 heteroatoms. The predicted octanol–water partition coefficient (Wildman–Crippen LogP) is 3.22. The summed E-state index contributed by atoms with van der Waals surface area (Å²) in [7, 11) is 0. The van der Waals surface area contributed by atoms with Gasteiger partial charge in [-0.3, -0.25) is 0 Å². The number of ether oxygens (including phenoxy) is 2. The summed E-state index contributed by atoms with van der Waals surface area (Å²) in [5.41, 5.74) is 5.45. The van der Waals surface area contributed by atoms with Crippen LogP contribution >= 0.6 is 0 Å². The zero-order valence-electron chi connectivity index (χ0n) is 17.1. The standard InChI is InChI=1S/C21H34N2O5/c1-19(2,22)12-23-18(24)25-17-4-3-5-20(11-17)26-21(28-27-20)15-7-13-6-14(9-15)10-16(21)8-13/h13-17H,3-12,22H2,1-2H3,(H,23,24). The van der Waals surface area contributed by atoms with E-state index in [2.05, 4.69) is 5.32 Å². The van der Waals surface area contributed by atoms with E-state index in [0.717, 1.165) is 31.1 Å². The van der Waals surface area contributed by atoms with Crippen LogP contribution in [-0.2, 0) is 19.2 Å². The van der Waals surface area contributed by atoms with Crippen LogP contribution in [0.5, 0.6) is 0 Å². The average Bonchev–Trinajstić information content (AvgIpc) is 2.97. The molecule has 1 amide bonds. The van der Waals surface area contributed by atoms with E-state index >= 15 is 0 Å². The Morgan fingerprint density at radius 3 is 2.46 bits per heavy atom. The molecule has 6 aliphatic rings. The third kappa shape index (κ3) is 3.34. The Labute approximate surface area is 166 Å². The van der Waals surface area contributed by atoms with Crippen molar-refractivity contribution in [2.45, 2.75) is 94.9 Å². The Balaban J connectivity index is 1.23. The first kappa shape index (κ1) is 19.1. The van der Waals surface area contributed by atoms with Crippen molar-refractivity contribution in [3.05, 3.63) is 0 Å². The lowest BCUT2D eigenvalue weighted by molar-refractivity contribution is -0.390. The monoisotopic (exact) mass is 394 g/mol. The quantitative estimate of drug-likeness (QED) is 0.714. The molecule has 2 unspecified atom stereocenters. The van der Waals surface area contributed by atoms with Crippen molar-refractivity contribution in [3.8, 4) is 0 Å². The van der Waals surface area contributed by atoms with E-state index < -0.39 is 23.2 Å². The highest BCUT2D eigenvalue weighted by Crippen LogP contribution is 2.63. The van der Waals surface area contributed by atoms with Crippen LogP contribution in [0.2, 0.25) is 0 Å². The molecule has 2 atom stereocenters. The Bertz CT molecular complexity index is 605. The van der Waals surface area contributed by atoms with Gasteiger partial charge in [-0.25, -0.2) is 4.79 Å². The maximum Gasteiger partial charge on any atom is 0.407 e. The Morgan fingerprint density at radius 1 is 1.14 bits per heavy atom. The van der Waals surface area contributed by atoms with Crippen LogP contribution in [0.15, 0.2) is 0 Å². The first-order valence-electron chi connectivity index (χ1n) is 11.1. The number of alkyl carbamates (subject to hydrolysis) is 1. The van der Waals surface area contributed by atoms with Crippen molar-refractivity contribution in [2.24, 2.45) is 29.4 Å². The smallest absolute Gasteiger partial charge is 0.407 e. The van der Waals surface area contributed by atoms with Crippen molar-refractivity contribution in [2.75, 3.05) is 6.54 Å². The summed E-state index contributed by atoms with van der Waals surface area (Å²) in [6.45, 7) is 4.10. The molecular weight excluding hydrogens is 360 g/mol. The Hall–Kier alpha value is -0.890. The van der Waals surface area contributed by atoms with E-state index in [1.54, 1.807) is 0 Å². The molecule has 7 nitrogen and oxygen atoms in total. The molecule has 1 saturated heterocycles. The summed E-state index contributed by atoms with van der Waals surface area (Å²) in [5.74, 6) is 1.23. The second-order valence-electron chi connectivity index (χ2n) is 10.7. The molecular formula is C21H34N2O5. The van der Waals surface area contributed by atoms with E-state index in [0.29, 0.717) is 24.8 Å². The van der Waals surface area contributed by atoms with Gasteiger partial charge in [0, 0.05) is 36.8 Å². The lowest BCUT2D eigenvalue weighted by Gasteiger charge is -2.57. The predicted molar refractivity (Wildman–Crippen MR) is 101 cm³/mol. The Kier molecular flexibility index (Phi) is 4.47. The summed E-state index contributed by atoms with van der Waals surface area (Å²) < 4.78 is 12.4. The second kappa shape index (κ2) is 6.56. The van der Waals surface area contributed by atoms with Gasteiger partial charge in [0.25, 0.3) is 0 Å². The zero-order valence-corrected chi connectivity index (χ0v) is 17.1. The minimum Gasteiger partial charge on any atom is -0.446 e. The molecule has 0 aromatic rings. The van der Waals surface area contributed by atoms with Crippen LogP contribution in [0.1, 0.15) is 71.6 Å². The molecule has 0 aromatic heterocycles. The molecule has 6 rings (SSSR count). The van der Waals surface area contributed by atoms with Crippen LogP contribution in [-0.4, -0.2) is 35.9 Å². The largest absolute Gasteiger partial charge is 0.446 e. The lowest BCUT2D eigenvalue weighted by atomic mass is 9.53. The third-order valence-electron chi connectivity index (χ3n) is 7.53. The minimum atomic E-state index is -0.772. The highest BCUT2D eigenvalue weighted by Gasteiger charge is 2.67. The van der Waals surface area contributed by atoms with Crippen molar-refractivity contribution >= 4 is 6.09 Å². The number of hydrogen-bond donors (Lipinski definition) is 2. The second-order valence-corrected chi connectivity index (χ2v) is 10.7. The molecule has 6 fully saturated rings. The van der Waals surface area contributed by atoms with Gasteiger partial charge in [-0.15, -0.1) is 0 Å². The number of rotatable bonds is 3. The van der Waals surface area contributed by atoms with Gasteiger partial charge in [0.15, 0.2) is 0 Å². The van der Waals surface area contributed by atoms with Gasteiger partial charge in [-0.1, -0.05) is 0 Å². The van der Waals surface area contributed by atoms with Gasteiger partial charge in [0.2, 0.25) is 11.6 Å². The van der Waals surface area contributed by atoms with Gasteiger partial charge < -0.3 is 20.5 Å². The minimum absolute atomic E-state index is 0.231. The van der Waals surface area contributed by atoms with Crippen molar-refractivity contribution in [1.82, 2.24) is 5.32 Å². The average molecular weight is 395 g/mol. The van der Waals surface area contributed by atoms with Crippen LogP contribution in [0, 0.1) is 23.7 Å². The van der Waals surface area contributed by atoms with Gasteiger partial charge in [0.1, 0.15) is 6.10 Å². The fourth-order valence-electron chi connectivity index (χ4n) is 6.52. The molecule has 3 N–H and O–H groups in total. The van der Waals surface area contributed by atoms with Gasteiger partial charge in [-0.2, -0.15) is 9.78 Å². The highest BCUT2D eigenvalue weighted by molar-refractivity contribution is 5.67. The van der Waals surface area contributed by atoms with Gasteiger partial charge >= 0.3 is 6.09 Å². The number of carbonyl (C=O) groups is 1. The van der Waals surface area contributed by atoms with Gasteiger partial charge in [-0.05, 0) is 70.6 Å².